The van der Waals surface area contributed by atoms with E-state index in [0.29, 0.717) is 17.0 Å². The summed E-state index contributed by atoms with van der Waals surface area (Å²) >= 11 is 3.20. The van der Waals surface area contributed by atoms with Crippen LogP contribution in [0.1, 0.15) is 35.5 Å². The fourth-order valence-corrected chi connectivity index (χ4v) is 2.58. The summed E-state index contributed by atoms with van der Waals surface area (Å²) in [5, 5.41) is 2.91. The molecule has 0 spiro atoms. The van der Waals surface area contributed by atoms with E-state index in [2.05, 4.69) is 52.1 Å². The Bertz CT molecular complexity index is 621. The number of nitrogens with one attached hydrogen (secondary N) is 1. The number of hydrogen-bond donors (Lipinski definition) is 1. The summed E-state index contributed by atoms with van der Waals surface area (Å²) in [6, 6.07) is 11.6. The topological polar surface area (TPSA) is 45.5 Å². The van der Waals surface area contributed by atoms with Gasteiger partial charge in [-0.2, -0.15) is 0 Å². The molecule has 2 rings (SSSR count). The molecule has 0 bridgehead atoms. The van der Waals surface area contributed by atoms with Gasteiger partial charge in [0, 0.05) is 13.1 Å². The van der Waals surface area contributed by atoms with Crippen LogP contribution in [0.15, 0.2) is 45.5 Å². The lowest BCUT2D eigenvalue weighted by molar-refractivity contribution is 0.0921. The van der Waals surface area contributed by atoms with Crippen molar-refractivity contribution in [2.24, 2.45) is 0 Å². The maximum absolute atomic E-state index is 12.0. The fraction of sp³-hybridized carbons (Fsp3) is 0.353. The van der Waals surface area contributed by atoms with Crippen LogP contribution in [-0.4, -0.2) is 23.9 Å². The van der Waals surface area contributed by atoms with Crippen molar-refractivity contribution in [3.8, 4) is 0 Å². The molecular formula is C17H21BrN2O2. The number of halogens is 1. The third-order valence-corrected chi connectivity index (χ3v) is 4.07. The number of rotatable bonds is 7. The Kier molecular flexibility index (Phi) is 6.21. The van der Waals surface area contributed by atoms with Gasteiger partial charge >= 0.3 is 0 Å². The molecule has 0 saturated heterocycles. The molecule has 1 N–H and O–H groups in total. The highest BCUT2D eigenvalue weighted by Gasteiger charge is 2.11. The molecule has 0 aliphatic rings. The molecule has 0 fully saturated rings. The van der Waals surface area contributed by atoms with Crippen LogP contribution in [0.4, 0.5) is 0 Å². The molecule has 1 aromatic carbocycles. The van der Waals surface area contributed by atoms with Gasteiger partial charge in [0.15, 0.2) is 10.4 Å². The summed E-state index contributed by atoms with van der Waals surface area (Å²) in [5.74, 6) is 0.108. The van der Waals surface area contributed by atoms with Crippen molar-refractivity contribution >= 4 is 21.8 Å². The van der Waals surface area contributed by atoms with Crippen LogP contribution in [0, 0.1) is 0 Å². The lowest BCUT2D eigenvalue weighted by atomic mass is 10.1. The van der Waals surface area contributed by atoms with E-state index in [1.54, 1.807) is 12.1 Å². The van der Waals surface area contributed by atoms with E-state index in [9.17, 15) is 4.79 Å². The standard InChI is InChI=1S/C17H21BrN2O2/c1-3-20(4-2)12-14-8-6-5-7-13(14)11-19-17(21)15-9-10-16(18)22-15/h5-10H,3-4,11-12H2,1-2H3,(H,19,21). The number of carbonyl (C=O) groups excluding carboxylic acids is 1. The molecule has 1 aromatic heterocycles. The third-order valence-electron chi connectivity index (χ3n) is 3.64. The molecule has 118 valence electrons. The first-order valence-corrected chi connectivity index (χ1v) is 8.26. The Morgan fingerprint density at radius 3 is 2.41 bits per heavy atom. The smallest absolute Gasteiger partial charge is 0.287 e. The minimum Gasteiger partial charge on any atom is -0.444 e. The van der Waals surface area contributed by atoms with Gasteiger partial charge in [0.1, 0.15) is 0 Å². The number of benzene rings is 1. The highest BCUT2D eigenvalue weighted by Crippen LogP contribution is 2.15. The zero-order chi connectivity index (χ0) is 15.9. The van der Waals surface area contributed by atoms with Gasteiger partial charge in [0.05, 0.1) is 0 Å². The average Bonchev–Trinajstić information content (AvgIpc) is 2.97. The number of amides is 1. The first kappa shape index (κ1) is 16.8. The van der Waals surface area contributed by atoms with E-state index in [4.69, 9.17) is 4.42 Å². The van der Waals surface area contributed by atoms with E-state index in [1.807, 2.05) is 12.1 Å². The summed E-state index contributed by atoms with van der Waals surface area (Å²) in [6.45, 7) is 7.72. The molecule has 0 radical (unpaired) electrons. The fourth-order valence-electron chi connectivity index (χ4n) is 2.27. The van der Waals surface area contributed by atoms with Crippen LogP contribution in [0.2, 0.25) is 0 Å². The second kappa shape index (κ2) is 8.15. The molecule has 2 aromatic rings. The lowest BCUT2D eigenvalue weighted by Gasteiger charge is -2.20. The average molecular weight is 365 g/mol. The molecule has 22 heavy (non-hydrogen) atoms. The number of carbonyl (C=O) groups is 1. The van der Waals surface area contributed by atoms with E-state index in [-0.39, 0.29) is 5.91 Å². The first-order valence-electron chi connectivity index (χ1n) is 7.46. The Morgan fingerprint density at radius 2 is 1.82 bits per heavy atom. The summed E-state index contributed by atoms with van der Waals surface area (Å²) in [6.07, 6.45) is 0. The predicted molar refractivity (Wildman–Crippen MR) is 90.6 cm³/mol. The van der Waals surface area contributed by atoms with Gasteiger partial charge in [-0.1, -0.05) is 38.1 Å². The molecule has 5 heteroatoms. The van der Waals surface area contributed by atoms with E-state index >= 15 is 0 Å². The van der Waals surface area contributed by atoms with Gasteiger partial charge in [-0.05, 0) is 52.3 Å². The van der Waals surface area contributed by atoms with Crippen LogP contribution in [0.3, 0.4) is 0 Å². The number of furan rings is 1. The Labute approximate surface area is 139 Å². The van der Waals surface area contributed by atoms with Crippen LogP contribution in [0.25, 0.3) is 0 Å². The molecule has 0 atom stereocenters. The molecule has 0 aliphatic carbocycles. The summed E-state index contributed by atoms with van der Waals surface area (Å²) in [5.41, 5.74) is 2.38. The minimum atomic E-state index is -0.205. The molecule has 1 amide bonds. The maximum atomic E-state index is 12.0. The van der Waals surface area contributed by atoms with Gasteiger partial charge in [-0.3, -0.25) is 9.69 Å². The summed E-state index contributed by atoms with van der Waals surface area (Å²) in [4.78, 5) is 14.4. The molecule has 1 heterocycles. The quantitative estimate of drug-likeness (QED) is 0.812. The van der Waals surface area contributed by atoms with Crippen LogP contribution in [-0.2, 0) is 13.1 Å². The largest absolute Gasteiger partial charge is 0.444 e. The number of hydrogen-bond acceptors (Lipinski definition) is 3. The van der Waals surface area contributed by atoms with Crippen molar-refractivity contribution in [2.45, 2.75) is 26.9 Å². The summed E-state index contributed by atoms with van der Waals surface area (Å²) in [7, 11) is 0. The Morgan fingerprint density at radius 1 is 1.14 bits per heavy atom. The van der Waals surface area contributed by atoms with Crippen molar-refractivity contribution in [2.75, 3.05) is 13.1 Å². The predicted octanol–water partition coefficient (Wildman–Crippen LogP) is 3.81. The van der Waals surface area contributed by atoms with Crippen molar-refractivity contribution in [3.63, 3.8) is 0 Å². The van der Waals surface area contributed by atoms with Crippen molar-refractivity contribution < 1.29 is 9.21 Å². The first-order chi connectivity index (χ1) is 10.6. The normalized spacial score (nSPS) is 10.9. The van der Waals surface area contributed by atoms with Gasteiger partial charge in [-0.25, -0.2) is 0 Å². The van der Waals surface area contributed by atoms with E-state index in [0.717, 1.165) is 25.2 Å². The second-order valence-corrected chi connectivity index (χ2v) is 5.80. The van der Waals surface area contributed by atoms with Crippen LogP contribution >= 0.6 is 15.9 Å². The summed E-state index contributed by atoms with van der Waals surface area (Å²) < 4.78 is 5.81. The SMILES string of the molecule is CCN(CC)Cc1ccccc1CNC(=O)c1ccc(Br)o1. The third kappa shape index (κ3) is 4.45. The van der Waals surface area contributed by atoms with E-state index in [1.165, 1.54) is 5.56 Å². The maximum Gasteiger partial charge on any atom is 0.287 e. The highest BCUT2D eigenvalue weighted by atomic mass is 79.9. The van der Waals surface area contributed by atoms with Crippen molar-refractivity contribution in [3.05, 3.63) is 58.0 Å². The molecule has 4 nitrogen and oxygen atoms in total. The molecule has 0 unspecified atom stereocenters. The van der Waals surface area contributed by atoms with Gasteiger partial charge in [-0.15, -0.1) is 0 Å². The van der Waals surface area contributed by atoms with Crippen LogP contribution in [0.5, 0.6) is 0 Å². The highest BCUT2D eigenvalue weighted by molar-refractivity contribution is 9.10. The Balaban J connectivity index is 2.02. The Hall–Kier alpha value is -1.59. The monoisotopic (exact) mass is 364 g/mol. The van der Waals surface area contributed by atoms with Gasteiger partial charge in [0.25, 0.3) is 5.91 Å². The zero-order valence-corrected chi connectivity index (χ0v) is 14.5. The molecule has 0 saturated carbocycles. The van der Waals surface area contributed by atoms with Crippen molar-refractivity contribution in [1.29, 1.82) is 0 Å². The lowest BCUT2D eigenvalue weighted by Crippen LogP contribution is -2.25. The number of nitrogens with zero attached hydrogens (tertiary/aromatic N) is 1. The van der Waals surface area contributed by atoms with Crippen LogP contribution < -0.4 is 5.32 Å². The van der Waals surface area contributed by atoms with Crippen molar-refractivity contribution in [1.82, 2.24) is 10.2 Å². The van der Waals surface area contributed by atoms with E-state index < -0.39 is 0 Å². The molecule has 0 aliphatic heterocycles. The van der Waals surface area contributed by atoms with Gasteiger partial charge < -0.3 is 9.73 Å². The minimum absolute atomic E-state index is 0.205. The zero-order valence-electron chi connectivity index (χ0n) is 12.9. The molecular weight excluding hydrogens is 344 g/mol. The van der Waals surface area contributed by atoms with Gasteiger partial charge in [0.2, 0.25) is 0 Å². The second-order valence-electron chi connectivity index (χ2n) is 5.02.